The van der Waals surface area contributed by atoms with Crippen molar-refractivity contribution >= 4 is 5.91 Å². The Morgan fingerprint density at radius 3 is 1.92 bits per heavy atom. The van der Waals surface area contributed by atoms with E-state index in [-0.39, 0.29) is 5.91 Å². The van der Waals surface area contributed by atoms with Crippen molar-refractivity contribution in [1.29, 1.82) is 0 Å². The highest BCUT2D eigenvalue weighted by Crippen LogP contribution is 2.26. The molecule has 2 nitrogen and oxygen atoms in total. The molecule has 1 amide bonds. The van der Waals surface area contributed by atoms with Crippen LogP contribution in [0.5, 0.6) is 0 Å². The normalized spacial score (nSPS) is 26.9. The van der Waals surface area contributed by atoms with Crippen molar-refractivity contribution in [2.45, 2.75) is 109 Å². The van der Waals surface area contributed by atoms with E-state index >= 15 is 0 Å². The topological polar surface area (TPSA) is 29.1 Å². The molecule has 24 heavy (non-hydrogen) atoms. The number of carbonyl (C=O) groups is 1. The lowest BCUT2D eigenvalue weighted by Gasteiger charge is -2.20. The second-order valence-electron chi connectivity index (χ2n) is 8.02. The first-order valence-corrected chi connectivity index (χ1v) is 10.8. The average molecular weight is 334 g/mol. The summed E-state index contributed by atoms with van der Waals surface area (Å²) in [4.78, 5) is 12.6. The number of hydrogen-bond donors (Lipinski definition) is 1. The van der Waals surface area contributed by atoms with Crippen LogP contribution in [0.4, 0.5) is 0 Å². The van der Waals surface area contributed by atoms with Gasteiger partial charge in [-0.3, -0.25) is 4.79 Å². The van der Waals surface area contributed by atoms with Gasteiger partial charge < -0.3 is 5.32 Å². The zero-order chi connectivity index (χ0) is 16.9. The van der Waals surface area contributed by atoms with Gasteiger partial charge in [0.25, 0.3) is 0 Å². The Hall–Kier alpha value is -0.790. The van der Waals surface area contributed by atoms with Crippen molar-refractivity contribution in [3.63, 3.8) is 0 Å². The quantitative estimate of drug-likeness (QED) is 0.553. The summed E-state index contributed by atoms with van der Waals surface area (Å²) in [6, 6.07) is 0. The van der Waals surface area contributed by atoms with E-state index in [1.165, 1.54) is 89.9 Å². The van der Waals surface area contributed by atoms with Crippen molar-refractivity contribution in [1.82, 2.24) is 5.32 Å². The fraction of sp³-hybridized carbons (Fsp3) is 0.864. The first-order chi connectivity index (χ1) is 11.9. The van der Waals surface area contributed by atoms with Crippen LogP contribution in [0.1, 0.15) is 109 Å². The Labute approximate surface area is 149 Å². The van der Waals surface area contributed by atoms with E-state index in [1.54, 1.807) is 0 Å². The Kier molecular flexibility index (Phi) is 10.2. The maximum atomic E-state index is 12.6. The minimum absolute atomic E-state index is 0.229. The summed E-state index contributed by atoms with van der Waals surface area (Å²) in [6.07, 6.45) is 24.5. The molecular weight excluding hydrogens is 294 g/mol. The van der Waals surface area contributed by atoms with Gasteiger partial charge in [0.05, 0.1) is 0 Å². The van der Waals surface area contributed by atoms with Crippen LogP contribution in [-0.4, -0.2) is 12.5 Å². The van der Waals surface area contributed by atoms with Crippen LogP contribution in [0.15, 0.2) is 11.6 Å². The highest BCUT2D eigenvalue weighted by Gasteiger charge is 2.17. The zero-order valence-corrected chi connectivity index (χ0v) is 15.8. The molecule has 1 unspecified atom stereocenters. The van der Waals surface area contributed by atoms with E-state index < -0.39 is 0 Å². The van der Waals surface area contributed by atoms with E-state index in [0.29, 0.717) is 0 Å². The molecular formula is C22H39NO. The average Bonchev–Trinajstić information content (AvgIpc) is 2.58. The molecule has 1 aliphatic carbocycles. The molecule has 138 valence electrons. The van der Waals surface area contributed by atoms with Crippen molar-refractivity contribution < 1.29 is 4.79 Å². The van der Waals surface area contributed by atoms with Gasteiger partial charge in [-0.15, -0.1) is 0 Å². The largest absolute Gasteiger partial charge is 0.352 e. The molecule has 2 rings (SSSR count). The molecule has 2 heteroatoms. The highest BCUT2D eigenvalue weighted by atomic mass is 16.1. The summed E-state index contributed by atoms with van der Waals surface area (Å²) in [5.41, 5.74) is 1.10. The van der Waals surface area contributed by atoms with Crippen molar-refractivity contribution in [2.75, 3.05) is 6.54 Å². The van der Waals surface area contributed by atoms with Gasteiger partial charge >= 0.3 is 0 Å². The van der Waals surface area contributed by atoms with Crippen LogP contribution >= 0.6 is 0 Å². The minimum Gasteiger partial charge on any atom is -0.352 e. The molecule has 0 aromatic heterocycles. The third-order valence-electron chi connectivity index (χ3n) is 5.83. The van der Waals surface area contributed by atoms with Crippen molar-refractivity contribution in [3.8, 4) is 0 Å². The predicted octanol–water partition coefficient (Wildman–Crippen LogP) is 6.30. The van der Waals surface area contributed by atoms with Gasteiger partial charge in [0, 0.05) is 12.1 Å². The fourth-order valence-electron chi connectivity index (χ4n) is 4.25. The number of nitrogens with one attached hydrogen (secondary N) is 1. The summed E-state index contributed by atoms with van der Waals surface area (Å²) in [6.45, 7) is 0.862. The first-order valence-electron chi connectivity index (χ1n) is 10.8. The fourth-order valence-corrected chi connectivity index (χ4v) is 4.25. The van der Waals surface area contributed by atoms with Gasteiger partial charge in [-0.05, 0) is 31.6 Å². The summed E-state index contributed by atoms with van der Waals surface area (Å²) < 4.78 is 0. The summed E-state index contributed by atoms with van der Waals surface area (Å²) in [5.74, 6) is 0.956. The van der Waals surface area contributed by atoms with Gasteiger partial charge in [0.1, 0.15) is 0 Å². The van der Waals surface area contributed by atoms with Gasteiger partial charge in [-0.25, -0.2) is 0 Å². The van der Waals surface area contributed by atoms with Crippen molar-refractivity contribution in [3.05, 3.63) is 11.6 Å². The van der Waals surface area contributed by atoms with E-state index in [1.807, 2.05) is 0 Å². The molecule has 0 saturated carbocycles. The highest BCUT2D eigenvalue weighted by molar-refractivity contribution is 5.93. The van der Waals surface area contributed by atoms with Crippen LogP contribution in [0.2, 0.25) is 0 Å². The maximum absolute atomic E-state index is 12.6. The summed E-state index contributed by atoms with van der Waals surface area (Å²) in [5, 5.41) is 3.18. The second kappa shape index (κ2) is 12.6. The molecule has 1 aliphatic heterocycles. The third-order valence-corrected chi connectivity index (χ3v) is 5.83. The van der Waals surface area contributed by atoms with Crippen LogP contribution in [0.3, 0.4) is 0 Å². The smallest absolute Gasteiger partial charge is 0.246 e. The SMILES string of the molecule is O=C1NCCCCCCCC2CCCCCCCCCCC=C1C2. The van der Waals surface area contributed by atoms with E-state index in [4.69, 9.17) is 0 Å². The molecule has 1 saturated heterocycles. The van der Waals surface area contributed by atoms with Gasteiger partial charge in [-0.2, -0.15) is 0 Å². The molecule has 0 radical (unpaired) electrons. The van der Waals surface area contributed by atoms with Crippen molar-refractivity contribution in [2.24, 2.45) is 5.92 Å². The molecule has 0 aromatic rings. The number of allylic oxidation sites excluding steroid dienone is 1. The van der Waals surface area contributed by atoms with Gasteiger partial charge in [-0.1, -0.05) is 89.5 Å². The number of hydrogen-bond acceptors (Lipinski definition) is 1. The number of carbonyl (C=O) groups excluding carboxylic acids is 1. The molecule has 1 N–H and O–H groups in total. The predicted molar refractivity (Wildman–Crippen MR) is 103 cm³/mol. The van der Waals surface area contributed by atoms with Gasteiger partial charge in [0.15, 0.2) is 0 Å². The monoisotopic (exact) mass is 333 g/mol. The van der Waals surface area contributed by atoms with E-state index in [2.05, 4.69) is 11.4 Å². The van der Waals surface area contributed by atoms with Gasteiger partial charge in [0.2, 0.25) is 5.91 Å². The number of rotatable bonds is 0. The Morgan fingerprint density at radius 2 is 1.25 bits per heavy atom. The Balaban J connectivity index is 2.01. The zero-order valence-electron chi connectivity index (χ0n) is 15.8. The van der Waals surface area contributed by atoms with Crippen LogP contribution < -0.4 is 5.32 Å². The number of fused-ring (bicyclic) bond motifs is 2. The lowest BCUT2D eigenvalue weighted by atomic mass is 9.87. The molecule has 2 aliphatic rings. The maximum Gasteiger partial charge on any atom is 0.246 e. The summed E-state index contributed by atoms with van der Waals surface area (Å²) in [7, 11) is 0. The molecule has 0 aromatic carbocycles. The molecule has 1 atom stereocenters. The molecule has 0 spiro atoms. The Morgan fingerprint density at radius 1 is 0.708 bits per heavy atom. The minimum atomic E-state index is 0.229. The standard InChI is InChI=1S/C22H39NO/c24-22-21-17-13-9-5-3-1-2-4-7-11-15-20(19-21)16-12-8-6-10-14-18-23-22/h17,20H,1-16,18-19H2,(H,23,24). The number of amides is 1. The molecule has 1 fully saturated rings. The Bertz CT molecular complexity index is 374. The van der Waals surface area contributed by atoms with Crippen LogP contribution in [0, 0.1) is 5.92 Å². The lowest BCUT2D eigenvalue weighted by molar-refractivity contribution is -0.117. The third kappa shape index (κ3) is 8.35. The van der Waals surface area contributed by atoms with E-state index in [0.717, 1.165) is 37.3 Å². The first kappa shape index (κ1) is 19.5. The molecule has 2 bridgehead atoms. The van der Waals surface area contributed by atoms with Crippen LogP contribution in [0.25, 0.3) is 0 Å². The molecule has 1 heterocycles. The lowest BCUT2D eigenvalue weighted by Crippen LogP contribution is -2.27. The van der Waals surface area contributed by atoms with Crippen LogP contribution in [-0.2, 0) is 4.79 Å². The second-order valence-corrected chi connectivity index (χ2v) is 8.02. The van der Waals surface area contributed by atoms with E-state index in [9.17, 15) is 4.79 Å². The summed E-state index contributed by atoms with van der Waals surface area (Å²) >= 11 is 0.